The molecular weight excluding hydrogens is 484 g/mol. The molecule has 1 unspecified atom stereocenters. The maximum atomic E-state index is 13.9. The van der Waals surface area contributed by atoms with Gasteiger partial charge >= 0.3 is 0 Å². The highest BCUT2D eigenvalue weighted by Crippen LogP contribution is 2.38. The van der Waals surface area contributed by atoms with Crippen molar-refractivity contribution < 1.29 is 23.9 Å². The van der Waals surface area contributed by atoms with Crippen LogP contribution in [-0.4, -0.2) is 50.4 Å². The second kappa shape index (κ2) is 11.1. The van der Waals surface area contributed by atoms with Crippen molar-refractivity contribution in [2.24, 2.45) is 5.92 Å². The Kier molecular flexibility index (Phi) is 7.46. The van der Waals surface area contributed by atoms with Crippen LogP contribution >= 0.6 is 0 Å². The Hall–Kier alpha value is -4.11. The van der Waals surface area contributed by atoms with Crippen molar-refractivity contribution in [1.29, 1.82) is 0 Å². The average Bonchev–Trinajstić information content (AvgIpc) is 3.65. The van der Waals surface area contributed by atoms with E-state index in [2.05, 4.69) is 10.1 Å². The molecule has 1 saturated heterocycles. The Balaban J connectivity index is 1.41. The summed E-state index contributed by atoms with van der Waals surface area (Å²) in [5, 5.41) is 14.5. The minimum atomic E-state index is -0.653. The largest absolute Gasteiger partial charge is 0.479 e. The summed E-state index contributed by atoms with van der Waals surface area (Å²) in [4.78, 5) is 20.2. The van der Waals surface area contributed by atoms with Crippen LogP contribution in [0.1, 0.15) is 49.4 Å². The van der Waals surface area contributed by atoms with Crippen molar-refractivity contribution >= 4 is 5.91 Å². The van der Waals surface area contributed by atoms with Gasteiger partial charge in [0.2, 0.25) is 5.91 Å². The summed E-state index contributed by atoms with van der Waals surface area (Å²) in [7, 11) is 1.50. The van der Waals surface area contributed by atoms with Gasteiger partial charge in [-0.25, -0.2) is 4.98 Å². The number of benzene rings is 2. The third-order valence-electron chi connectivity index (χ3n) is 6.85. The number of hydrogen-bond donors (Lipinski definition) is 1. The van der Waals surface area contributed by atoms with E-state index in [0.29, 0.717) is 30.4 Å². The first-order valence-corrected chi connectivity index (χ1v) is 12.8. The zero-order chi connectivity index (χ0) is 26.6. The first-order valence-electron chi connectivity index (χ1n) is 12.8. The predicted octanol–water partition coefficient (Wildman–Crippen LogP) is 4.79. The maximum absolute atomic E-state index is 13.9. The van der Waals surface area contributed by atoms with Crippen LogP contribution in [0.3, 0.4) is 0 Å². The molecule has 1 N–H and O–H groups in total. The number of carbonyl (C=O) groups is 1. The number of aliphatic hydroxyl groups excluding tert-OH is 1. The lowest BCUT2D eigenvalue weighted by atomic mass is 9.91. The summed E-state index contributed by atoms with van der Waals surface area (Å²) in [6, 6.07) is 18.8. The van der Waals surface area contributed by atoms with Gasteiger partial charge in [0, 0.05) is 37.0 Å². The van der Waals surface area contributed by atoms with E-state index in [0.717, 1.165) is 17.1 Å². The minimum Gasteiger partial charge on any atom is -0.479 e. The fourth-order valence-electron chi connectivity index (χ4n) is 5.02. The second-order valence-electron chi connectivity index (χ2n) is 9.83. The second-order valence-corrected chi connectivity index (χ2v) is 9.83. The zero-order valence-corrected chi connectivity index (χ0v) is 21.7. The maximum Gasteiger partial charge on any atom is 0.254 e. The molecule has 0 radical (unpaired) electrons. The van der Waals surface area contributed by atoms with Crippen molar-refractivity contribution in [1.82, 2.24) is 19.6 Å². The number of aliphatic hydroxyl groups is 1. The molecule has 1 amide bonds. The molecule has 4 aromatic rings. The normalized spacial score (nSPS) is 18.1. The number of imidazole rings is 1. The van der Waals surface area contributed by atoms with Crippen LogP contribution in [0.4, 0.5) is 0 Å². The van der Waals surface area contributed by atoms with Crippen LogP contribution in [0.2, 0.25) is 0 Å². The molecule has 38 heavy (non-hydrogen) atoms. The lowest BCUT2D eigenvalue weighted by Crippen LogP contribution is -2.38. The smallest absolute Gasteiger partial charge is 0.254 e. The molecule has 3 atom stereocenters. The monoisotopic (exact) mass is 516 g/mol. The van der Waals surface area contributed by atoms with Gasteiger partial charge in [-0.1, -0.05) is 50.2 Å². The molecule has 1 aliphatic heterocycles. The third kappa shape index (κ3) is 5.28. The van der Waals surface area contributed by atoms with Crippen molar-refractivity contribution in [3.8, 4) is 17.4 Å². The number of rotatable bonds is 9. The first-order chi connectivity index (χ1) is 18.4. The topological polar surface area (TPSA) is 103 Å². The van der Waals surface area contributed by atoms with Crippen LogP contribution in [-0.2, 0) is 11.3 Å². The van der Waals surface area contributed by atoms with Gasteiger partial charge in [-0.15, -0.1) is 0 Å². The number of hydrogen-bond acceptors (Lipinski definition) is 7. The Morgan fingerprint density at radius 2 is 1.92 bits per heavy atom. The summed E-state index contributed by atoms with van der Waals surface area (Å²) >= 11 is 0. The Labute approximate surface area is 221 Å². The van der Waals surface area contributed by atoms with Crippen molar-refractivity contribution in [2.45, 2.75) is 44.9 Å². The quantitative estimate of drug-likeness (QED) is 0.341. The Morgan fingerprint density at radius 3 is 2.66 bits per heavy atom. The Bertz CT molecular complexity index is 1370. The molecule has 0 bridgehead atoms. The molecule has 0 saturated carbocycles. The van der Waals surface area contributed by atoms with Gasteiger partial charge in [0.1, 0.15) is 23.2 Å². The molecule has 2 aromatic carbocycles. The number of para-hydroxylation sites is 2. The zero-order valence-electron chi connectivity index (χ0n) is 21.7. The van der Waals surface area contributed by atoms with Gasteiger partial charge < -0.3 is 28.6 Å². The number of aromatic nitrogens is 3. The summed E-state index contributed by atoms with van der Waals surface area (Å²) in [5.41, 5.74) is 0.973. The molecule has 9 nitrogen and oxygen atoms in total. The van der Waals surface area contributed by atoms with E-state index in [9.17, 15) is 9.90 Å². The predicted molar refractivity (Wildman–Crippen MR) is 140 cm³/mol. The molecule has 3 heterocycles. The number of amides is 1. The third-order valence-corrected chi connectivity index (χ3v) is 6.85. The van der Waals surface area contributed by atoms with E-state index in [-0.39, 0.29) is 24.4 Å². The van der Waals surface area contributed by atoms with Crippen LogP contribution in [0.25, 0.3) is 0 Å². The van der Waals surface area contributed by atoms with E-state index < -0.39 is 12.0 Å². The average molecular weight is 517 g/mol. The molecule has 5 rings (SSSR count). The lowest BCUT2D eigenvalue weighted by molar-refractivity contribution is -0.135. The molecule has 198 valence electrons. The molecule has 1 fully saturated rings. The molecule has 0 spiro atoms. The summed E-state index contributed by atoms with van der Waals surface area (Å²) in [6.45, 7) is 4.64. The van der Waals surface area contributed by atoms with Crippen LogP contribution in [0.5, 0.6) is 17.4 Å². The highest BCUT2D eigenvalue weighted by molar-refractivity contribution is 5.84. The number of carbonyl (C=O) groups excluding carboxylic acids is 1. The van der Waals surface area contributed by atoms with Crippen LogP contribution < -0.4 is 9.47 Å². The first kappa shape index (κ1) is 25.5. The highest BCUT2D eigenvalue weighted by Gasteiger charge is 2.42. The van der Waals surface area contributed by atoms with Gasteiger partial charge in [-0.2, -0.15) is 0 Å². The van der Waals surface area contributed by atoms with Crippen molar-refractivity contribution in [2.75, 3.05) is 13.7 Å². The van der Waals surface area contributed by atoms with Gasteiger partial charge in [0.05, 0.1) is 25.8 Å². The van der Waals surface area contributed by atoms with Crippen molar-refractivity contribution in [3.05, 3.63) is 90.2 Å². The van der Waals surface area contributed by atoms with E-state index in [1.165, 1.54) is 7.11 Å². The summed E-state index contributed by atoms with van der Waals surface area (Å²) < 4.78 is 18.8. The van der Waals surface area contributed by atoms with E-state index in [4.69, 9.17) is 14.0 Å². The van der Waals surface area contributed by atoms with E-state index in [1.54, 1.807) is 17.2 Å². The number of likely N-dealkylation sites (tertiary alicyclic amines) is 1. The minimum absolute atomic E-state index is 0.0553. The van der Waals surface area contributed by atoms with Crippen LogP contribution in [0.15, 0.2) is 77.6 Å². The van der Waals surface area contributed by atoms with E-state index >= 15 is 0 Å². The van der Waals surface area contributed by atoms with Gasteiger partial charge in [-0.3, -0.25) is 4.79 Å². The fraction of sp³-hybridized carbons (Fsp3) is 0.345. The highest BCUT2D eigenvalue weighted by atomic mass is 16.5. The summed E-state index contributed by atoms with van der Waals surface area (Å²) in [6.07, 6.45) is 3.36. The number of β-amino-alcohol motifs (C(OH)–C–C–N with tert-alkyl or cyclic N) is 1. The molecule has 1 aliphatic rings. The van der Waals surface area contributed by atoms with Crippen molar-refractivity contribution in [3.63, 3.8) is 0 Å². The Morgan fingerprint density at radius 1 is 1.16 bits per heavy atom. The molecular formula is C29H32N4O5. The number of methoxy groups -OCH3 is 1. The SMILES string of the molecule is COc1cc(C(C(=O)N2C[C@H](O)C[C@H]2c2nccn2Cc2ccccc2Oc2ccccc2)C(C)C)on1. The number of ether oxygens (including phenoxy) is 2. The van der Waals surface area contributed by atoms with E-state index in [1.807, 2.05) is 79.2 Å². The van der Waals surface area contributed by atoms with Gasteiger partial charge in [0.15, 0.2) is 5.76 Å². The molecule has 9 heteroatoms. The standard InChI is InChI=1S/C29H32N4O5/c1-19(2)27(25-16-26(36-3)31-38-25)29(35)33-18-21(34)15-23(33)28-30-13-14-32(28)17-20-9-7-8-12-24(20)37-22-10-5-4-6-11-22/h4-14,16,19,21,23,27,34H,15,17-18H2,1-3H3/t21-,23+,27?/m1/s1. The van der Waals surface area contributed by atoms with Gasteiger partial charge in [-0.05, 0) is 29.3 Å². The molecule has 0 aliphatic carbocycles. The lowest BCUT2D eigenvalue weighted by Gasteiger charge is -2.29. The fourth-order valence-corrected chi connectivity index (χ4v) is 5.02. The van der Waals surface area contributed by atoms with Gasteiger partial charge in [0.25, 0.3) is 5.88 Å². The molecule has 2 aromatic heterocycles. The number of nitrogens with zero attached hydrogens (tertiary/aromatic N) is 4. The van der Waals surface area contributed by atoms with Crippen LogP contribution in [0, 0.1) is 5.92 Å². The summed E-state index contributed by atoms with van der Waals surface area (Å²) in [5.74, 6) is 2.22.